The second-order valence-electron chi connectivity index (χ2n) is 4.20. The Kier molecular flexibility index (Phi) is 2.21. The molecule has 64 valence electrons. The molecule has 0 aromatic rings. The van der Waals surface area contributed by atoms with Crippen LogP contribution in [0.4, 0.5) is 0 Å². The molecule has 2 nitrogen and oxygen atoms in total. The highest BCUT2D eigenvalue weighted by Gasteiger charge is 2.25. The van der Waals surface area contributed by atoms with E-state index in [9.17, 15) is 0 Å². The van der Waals surface area contributed by atoms with Crippen molar-refractivity contribution in [1.29, 1.82) is 0 Å². The summed E-state index contributed by atoms with van der Waals surface area (Å²) >= 11 is 0. The van der Waals surface area contributed by atoms with Crippen LogP contribution in [0.1, 0.15) is 34.1 Å². The van der Waals surface area contributed by atoms with E-state index < -0.39 is 0 Å². The quantitative estimate of drug-likeness (QED) is 0.599. The highest BCUT2D eigenvalue weighted by Crippen LogP contribution is 2.19. The van der Waals surface area contributed by atoms with Gasteiger partial charge in [0.1, 0.15) is 6.61 Å². The van der Waals surface area contributed by atoms with Gasteiger partial charge in [-0.3, -0.25) is 0 Å². The standard InChI is InChI=1S/C9H17NO/c1-7(2)5-8-10-9(3,4)6-11-8/h7H,5-6H2,1-4H3. The minimum Gasteiger partial charge on any atom is -0.478 e. The normalized spacial score (nSPS) is 21.7. The molecule has 11 heavy (non-hydrogen) atoms. The zero-order valence-corrected chi connectivity index (χ0v) is 7.85. The summed E-state index contributed by atoms with van der Waals surface area (Å²) in [5.74, 6) is 1.58. The molecule has 1 aliphatic rings. The molecule has 0 amide bonds. The molecule has 0 saturated carbocycles. The summed E-state index contributed by atoms with van der Waals surface area (Å²) in [6.07, 6.45) is 0.976. The highest BCUT2D eigenvalue weighted by atomic mass is 16.5. The summed E-state index contributed by atoms with van der Waals surface area (Å²) in [6, 6.07) is 0. The molecule has 0 unspecified atom stereocenters. The van der Waals surface area contributed by atoms with Crippen LogP contribution in [0.3, 0.4) is 0 Å². The van der Waals surface area contributed by atoms with Crippen molar-refractivity contribution in [2.24, 2.45) is 10.9 Å². The van der Waals surface area contributed by atoms with Crippen molar-refractivity contribution in [3.8, 4) is 0 Å². The smallest absolute Gasteiger partial charge is 0.184 e. The lowest BCUT2D eigenvalue weighted by molar-refractivity contribution is 0.271. The number of ether oxygens (including phenoxy) is 1. The predicted molar refractivity (Wildman–Crippen MR) is 46.9 cm³/mol. The Morgan fingerprint density at radius 1 is 1.55 bits per heavy atom. The Balaban J connectivity index is 2.49. The van der Waals surface area contributed by atoms with E-state index >= 15 is 0 Å². The zero-order chi connectivity index (χ0) is 8.48. The molecule has 0 bridgehead atoms. The van der Waals surface area contributed by atoms with Gasteiger partial charge in [0.2, 0.25) is 0 Å². The van der Waals surface area contributed by atoms with Crippen LogP contribution in [0.5, 0.6) is 0 Å². The van der Waals surface area contributed by atoms with Crippen molar-refractivity contribution < 1.29 is 4.74 Å². The van der Waals surface area contributed by atoms with E-state index in [1.165, 1.54) is 0 Å². The maximum Gasteiger partial charge on any atom is 0.184 e. The van der Waals surface area contributed by atoms with E-state index in [4.69, 9.17) is 4.74 Å². The fourth-order valence-corrected chi connectivity index (χ4v) is 1.12. The molecule has 0 aliphatic carbocycles. The summed E-state index contributed by atoms with van der Waals surface area (Å²) in [5, 5.41) is 0. The molecule has 1 aliphatic heterocycles. The molecule has 1 heterocycles. The van der Waals surface area contributed by atoms with Crippen LogP contribution in [-0.4, -0.2) is 18.0 Å². The van der Waals surface area contributed by atoms with Gasteiger partial charge < -0.3 is 4.74 Å². The maximum absolute atomic E-state index is 5.43. The third-order valence-corrected chi connectivity index (χ3v) is 1.60. The number of hydrogen-bond donors (Lipinski definition) is 0. The molecular weight excluding hydrogens is 138 g/mol. The van der Waals surface area contributed by atoms with Crippen molar-refractivity contribution >= 4 is 5.90 Å². The van der Waals surface area contributed by atoms with Gasteiger partial charge in [0, 0.05) is 6.42 Å². The average Bonchev–Trinajstić information content (AvgIpc) is 2.08. The minimum absolute atomic E-state index is 0.0181. The third kappa shape index (κ3) is 2.52. The number of rotatable bonds is 2. The van der Waals surface area contributed by atoms with Crippen LogP contribution in [0.15, 0.2) is 4.99 Å². The molecule has 2 heteroatoms. The van der Waals surface area contributed by atoms with Crippen molar-refractivity contribution in [3.63, 3.8) is 0 Å². The average molecular weight is 155 g/mol. The van der Waals surface area contributed by atoms with E-state index in [1.807, 2.05) is 0 Å². The highest BCUT2D eigenvalue weighted by molar-refractivity contribution is 5.78. The van der Waals surface area contributed by atoms with E-state index in [0.717, 1.165) is 18.9 Å². The molecule has 0 saturated heterocycles. The topological polar surface area (TPSA) is 21.6 Å². The first-order chi connectivity index (χ1) is 4.99. The molecule has 0 N–H and O–H groups in total. The molecule has 0 fully saturated rings. The zero-order valence-electron chi connectivity index (χ0n) is 7.85. The number of nitrogens with zero attached hydrogens (tertiary/aromatic N) is 1. The molecule has 0 radical (unpaired) electrons. The first-order valence-corrected chi connectivity index (χ1v) is 4.21. The van der Waals surface area contributed by atoms with Crippen molar-refractivity contribution in [3.05, 3.63) is 0 Å². The lowest BCUT2D eigenvalue weighted by Gasteiger charge is -2.07. The van der Waals surface area contributed by atoms with Gasteiger partial charge in [0.25, 0.3) is 0 Å². The van der Waals surface area contributed by atoms with E-state index in [1.54, 1.807) is 0 Å². The molecule has 1 rings (SSSR count). The summed E-state index contributed by atoms with van der Waals surface area (Å²) < 4.78 is 5.43. The molecule has 0 aromatic carbocycles. The summed E-state index contributed by atoms with van der Waals surface area (Å²) in [4.78, 5) is 4.46. The van der Waals surface area contributed by atoms with Gasteiger partial charge in [-0.05, 0) is 19.8 Å². The molecule has 0 aromatic heterocycles. The fraction of sp³-hybridized carbons (Fsp3) is 0.889. The first kappa shape index (κ1) is 8.57. The van der Waals surface area contributed by atoms with Gasteiger partial charge in [0.15, 0.2) is 5.90 Å². The van der Waals surface area contributed by atoms with Gasteiger partial charge >= 0.3 is 0 Å². The van der Waals surface area contributed by atoms with Crippen LogP contribution in [0.25, 0.3) is 0 Å². The van der Waals surface area contributed by atoms with E-state index in [-0.39, 0.29) is 5.54 Å². The number of aliphatic imine (C=N–C) groups is 1. The number of hydrogen-bond acceptors (Lipinski definition) is 2. The SMILES string of the molecule is CC(C)CC1=NC(C)(C)CO1. The molecular formula is C9H17NO. The Labute approximate surface area is 68.7 Å². The monoisotopic (exact) mass is 155 g/mol. The van der Waals surface area contributed by atoms with E-state index in [2.05, 4.69) is 32.7 Å². The summed E-state index contributed by atoms with van der Waals surface area (Å²) in [6.45, 7) is 9.30. The van der Waals surface area contributed by atoms with Crippen LogP contribution in [0, 0.1) is 5.92 Å². The van der Waals surface area contributed by atoms with Crippen LogP contribution < -0.4 is 0 Å². The predicted octanol–water partition coefficient (Wildman–Crippen LogP) is 2.24. The fourth-order valence-electron chi connectivity index (χ4n) is 1.12. The van der Waals surface area contributed by atoms with Gasteiger partial charge in [-0.2, -0.15) is 0 Å². The molecule has 0 spiro atoms. The van der Waals surface area contributed by atoms with Gasteiger partial charge in [-0.1, -0.05) is 13.8 Å². The second-order valence-corrected chi connectivity index (χ2v) is 4.20. The van der Waals surface area contributed by atoms with Crippen molar-refractivity contribution in [1.82, 2.24) is 0 Å². The first-order valence-electron chi connectivity index (χ1n) is 4.21. The Morgan fingerprint density at radius 2 is 2.18 bits per heavy atom. The van der Waals surface area contributed by atoms with Crippen LogP contribution in [-0.2, 0) is 4.74 Å². The van der Waals surface area contributed by atoms with Crippen LogP contribution in [0.2, 0.25) is 0 Å². The van der Waals surface area contributed by atoms with Crippen molar-refractivity contribution in [2.75, 3.05) is 6.61 Å². The van der Waals surface area contributed by atoms with Gasteiger partial charge in [0.05, 0.1) is 5.54 Å². The Hall–Kier alpha value is -0.530. The Bertz CT molecular complexity index is 170. The Morgan fingerprint density at radius 3 is 2.55 bits per heavy atom. The van der Waals surface area contributed by atoms with E-state index in [0.29, 0.717) is 5.92 Å². The van der Waals surface area contributed by atoms with Crippen molar-refractivity contribution in [2.45, 2.75) is 39.7 Å². The van der Waals surface area contributed by atoms with Gasteiger partial charge in [-0.15, -0.1) is 0 Å². The summed E-state index contributed by atoms with van der Waals surface area (Å²) in [7, 11) is 0. The lowest BCUT2D eigenvalue weighted by atomic mass is 10.1. The van der Waals surface area contributed by atoms with Crippen LogP contribution >= 0.6 is 0 Å². The second kappa shape index (κ2) is 2.84. The largest absolute Gasteiger partial charge is 0.478 e. The lowest BCUT2D eigenvalue weighted by Crippen LogP contribution is -2.17. The minimum atomic E-state index is 0.0181. The third-order valence-electron chi connectivity index (χ3n) is 1.60. The molecule has 0 atom stereocenters. The maximum atomic E-state index is 5.43. The van der Waals surface area contributed by atoms with Gasteiger partial charge in [-0.25, -0.2) is 4.99 Å². The summed E-state index contributed by atoms with van der Waals surface area (Å²) in [5.41, 5.74) is 0.0181.